The number of ether oxygens (including phenoxy) is 1. The zero-order valence-electron chi connectivity index (χ0n) is 8.86. The summed E-state index contributed by atoms with van der Waals surface area (Å²) in [6.07, 6.45) is 0. The van der Waals surface area contributed by atoms with E-state index in [0.717, 1.165) is 11.1 Å². The zero-order valence-corrected chi connectivity index (χ0v) is 8.86. The number of hydrogen-bond donors (Lipinski definition) is 2. The van der Waals surface area contributed by atoms with E-state index in [1.54, 1.807) is 0 Å². The van der Waals surface area contributed by atoms with Crippen molar-refractivity contribution in [1.29, 1.82) is 0 Å². The molecule has 0 aromatic heterocycles. The number of nitrogens with two attached hydrogens (primary N) is 1. The Morgan fingerprint density at radius 3 is 2.80 bits per heavy atom. The van der Waals surface area contributed by atoms with Crippen LogP contribution < -0.4 is 10.5 Å². The van der Waals surface area contributed by atoms with Crippen molar-refractivity contribution < 1.29 is 14.6 Å². The van der Waals surface area contributed by atoms with Crippen LogP contribution in [0.4, 0.5) is 0 Å². The second-order valence-corrected chi connectivity index (χ2v) is 3.52. The summed E-state index contributed by atoms with van der Waals surface area (Å²) in [5, 5.41) is 8.58. The molecular weight excluding hydrogens is 194 g/mol. The first kappa shape index (κ1) is 11.5. The summed E-state index contributed by atoms with van der Waals surface area (Å²) >= 11 is 0. The molecule has 0 heterocycles. The van der Waals surface area contributed by atoms with Crippen LogP contribution >= 0.6 is 0 Å². The SMILES string of the molecule is Cc1ccc(C)c(OC[C@H](N)C(=O)O)c1. The van der Waals surface area contributed by atoms with Gasteiger partial charge in [0.15, 0.2) is 0 Å². The van der Waals surface area contributed by atoms with Gasteiger partial charge in [-0.15, -0.1) is 0 Å². The van der Waals surface area contributed by atoms with Crippen LogP contribution in [0.2, 0.25) is 0 Å². The van der Waals surface area contributed by atoms with Crippen LogP contribution in [0.5, 0.6) is 5.75 Å². The molecule has 1 atom stereocenters. The quantitative estimate of drug-likeness (QED) is 0.778. The maximum Gasteiger partial charge on any atom is 0.324 e. The molecule has 15 heavy (non-hydrogen) atoms. The number of aryl methyl sites for hydroxylation is 2. The highest BCUT2D eigenvalue weighted by molar-refractivity contribution is 5.73. The normalized spacial score (nSPS) is 12.2. The van der Waals surface area contributed by atoms with Crippen LogP contribution in [0, 0.1) is 13.8 Å². The smallest absolute Gasteiger partial charge is 0.324 e. The molecule has 0 bridgehead atoms. The van der Waals surface area contributed by atoms with E-state index in [4.69, 9.17) is 15.6 Å². The van der Waals surface area contributed by atoms with Crippen LogP contribution in [0.1, 0.15) is 11.1 Å². The standard InChI is InChI=1S/C11H15NO3/c1-7-3-4-8(2)10(5-7)15-6-9(12)11(13)14/h3-5,9H,6,12H2,1-2H3,(H,13,14)/t9-/m0/s1. The summed E-state index contributed by atoms with van der Waals surface area (Å²) in [5.41, 5.74) is 7.37. The summed E-state index contributed by atoms with van der Waals surface area (Å²) in [5.74, 6) is -0.369. The second kappa shape index (κ2) is 4.79. The number of aliphatic carboxylic acids is 1. The molecule has 82 valence electrons. The molecule has 0 saturated carbocycles. The highest BCUT2D eigenvalue weighted by Gasteiger charge is 2.12. The minimum atomic E-state index is -1.06. The summed E-state index contributed by atoms with van der Waals surface area (Å²) in [4.78, 5) is 10.5. The molecule has 1 aromatic rings. The van der Waals surface area contributed by atoms with Crippen molar-refractivity contribution in [3.05, 3.63) is 29.3 Å². The number of hydrogen-bond acceptors (Lipinski definition) is 3. The van der Waals surface area contributed by atoms with Crippen molar-refractivity contribution in [2.45, 2.75) is 19.9 Å². The fraction of sp³-hybridized carbons (Fsp3) is 0.364. The van der Waals surface area contributed by atoms with Gasteiger partial charge in [-0.3, -0.25) is 4.79 Å². The van der Waals surface area contributed by atoms with Crippen LogP contribution in [-0.2, 0) is 4.79 Å². The van der Waals surface area contributed by atoms with Gasteiger partial charge in [0.05, 0.1) is 0 Å². The number of rotatable bonds is 4. The van der Waals surface area contributed by atoms with Gasteiger partial charge in [-0.05, 0) is 31.0 Å². The Balaban J connectivity index is 2.65. The van der Waals surface area contributed by atoms with E-state index >= 15 is 0 Å². The molecule has 0 aliphatic rings. The predicted molar refractivity (Wildman–Crippen MR) is 57.0 cm³/mol. The number of carbonyl (C=O) groups is 1. The predicted octanol–water partition coefficient (Wildman–Crippen LogP) is 1.09. The Labute approximate surface area is 88.7 Å². The lowest BCUT2D eigenvalue weighted by Crippen LogP contribution is -2.36. The topological polar surface area (TPSA) is 72.5 Å². The number of benzene rings is 1. The highest BCUT2D eigenvalue weighted by atomic mass is 16.5. The van der Waals surface area contributed by atoms with E-state index < -0.39 is 12.0 Å². The van der Waals surface area contributed by atoms with Gasteiger partial charge in [-0.25, -0.2) is 0 Å². The highest BCUT2D eigenvalue weighted by Crippen LogP contribution is 2.18. The van der Waals surface area contributed by atoms with Gasteiger partial charge < -0.3 is 15.6 Å². The van der Waals surface area contributed by atoms with Gasteiger partial charge in [0.2, 0.25) is 0 Å². The molecule has 0 radical (unpaired) electrons. The lowest BCUT2D eigenvalue weighted by atomic mass is 10.1. The summed E-state index contributed by atoms with van der Waals surface area (Å²) in [6, 6.07) is 4.78. The Morgan fingerprint density at radius 1 is 1.53 bits per heavy atom. The maximum absolute atomic E-state index is 10.5. The molecule has 0 unspecified atom stereocenters. The van der Waals surface area contributed by atoms with E-state index in [2.05, 4.69) is 0 Å². The molecule has 1 rings (SSSR count). The van der Waals surface area contributed by atoms with E-state index in [9.17, 15) is 4.79 Å². The van der Waals surface area contributed by atoms with Crippen molar-refractivity contribution in [3.8, 4) is 5.75 Å². The van der Waals surface area contributed by atoms with E-state index in [1.807, 2.05) is 32.0 Å². The molecule has 1 aromatic carbocycles. The summed E-state index contributed by atoms with van der Waals surface area (Å²) < 4.78 is 5.33. The minimum Gasteiger partial charge on any atom is -0.491 e. The van der Waals surface area contributed by atoms with Crippen molar-refractivity contribution in [1.82, 2.24) is 0 Å². The van der Waals surface area contributed by atoms with E-state index in [0.29, 0.717) is 5.75 Å². The van der Waals surface area contributed by atoms with Gasteiger partial charge in [-0.2, -0.15) is 0 Å². The first-order chi connectivity index (χ1) is 7.00. The third-order valence-corrected chi connectivity index (χ3v) is 2.08. The van der Waals surface area contributed by atoms with Gasteiger partial charge >= 0.3 is 5.97 Å². The first-order valence-corrected chi connectivity index (χ1v) is 4.69. The molecule has 4 nitrogen and oxygen atoms in total. The van der Waals surface area contributed by atoms with Crippen molar-refractivity contribution in [2.75, 3.05) is 6.61 Å². The minimum absolute atomic E-state index is 0.0143. The Morgan fingerprint density at radius 2 is 2.20 bits per heavy atom. The third kappa shape index (κ3) is 3.25. The zero-order chi connectivity index (χ0) is 11.4. The van der Waals surface area contributed by atoms with Crippen LogP contribution in [0.3, 0.4) is 0 Å². The molecule has 0 amide bonds. The van der Waals surface area contributed by atoms with E-state index in [1.165, 1.54) is 0 Å². The first-order valence-electron chi connectivity index (χ1n) is 4.69. The average Bonchev–Trinajstić information content (AvgIpc) is 2.18. The van der Waals surface area contributed by atoms with Crippen molar-refractivity contribution >= 4 is 5.97 Å². The van der Waals surface area contributed by atoms with Crippen LogP contribution in [0.25, 0.3) is 0 Å². The molecule has 0 aliphatic heterocycles. The van der Waals surface area contributed by atoms with Gasteiger partial charge in [0, 0.05) is 0 Å². The number of carboxylic acids is 1. The molecule has 0 fully saturated rings. The summed E-state index contributed by atoms with van der Waals surface area (Å²) in [7, 11) is 0. The Bertz CT molecular complexity index is 363. The molecule has 4 heteroatoms. The van der Waals surface area contributed by atoms with Gasteiger partial charge in [0.25, 0.3) is 0 Å². The van der Waals surface area contributed by atoms with Gasteiger partial charge in [-0.1, -0.05) is 12.1 Å². The monoisotopic (exact) mass is 209 g/mol. The third-order valence-electron chi connectivity index (χ3n) is 2.08. The lowest BCUT2D eigenvalue weighted by Gasteiger charge is -2.11. The van der Waals surface area contributed by atoms with Crippen LogP contribution in [-0.4, -0.2) is 23.7 Å². The molecular formula is C11H15NO3. The number of carboxylic acid groups (broad SMARTS) is 1. The lowest BCUT2D eigenvalue weighted by molar-refractivity contribution is -0.139. The second-order valence-electron chi connectivity index (χ2n) is 3.52. The van der Waals surface area contributed by atoms with Crippen molar-refractivity contribution in [3.63, 3.8) is 0 Å². The summed E-state index contributed by atoms with van der Waals surface area (Å²) in [6.45, 7) is 3.84. The average molecular weight is 209 g/mol. The van der Waals surface area contributed by atoms with Crippen molar-refractivity contribution in [2.24, 2.45) is 5.73 Å². The fourth-order valence-electron chi connectivity index (χ4n) is 1.11. The van der Waals surface area contributed by atoms with Crippen LogP contribution in [0.15, 0.2) is 18.2 Å². The van der Waals surface area contributed by atoms with E-state index in [-0.39, 0.29) is 6.61 Å². The maximum atomic E-state index is 10.5. The van der Waals surface area contributed by atoms with Gasteiger partial charge in [0.1, 0.15) is 18.4 Å². The molecule has 3 N–H and O–H groups in total. The molecule has 0 aliphatic carbocycles. The fourth-order valence-corrected chi connectivity index (χ4v) is 1.11. The Hall–Kier alpha value is -1.55. The largest absolute Gasteiger partial charge is 0.491 e. The molecule has 0 spiro atoms. The Kier molecular flexibility index (Phi) is 3.68. The molecule has 0 saturated heterocycles.